The summed E-state index contributed by atoms with van der Waals surface area (Å²) in [6, 6.07) is 11.6. The van der Waals surface area contributed by atoms with Gasteiger partial charge in [-0.3, -0.25) is 4.79 Å². The maximum absolute atomic E-state index is 13.4. The molecule has 0 aliphatic heterocycles. The third-order valence-corrected chi connectivity index (χ3v) is 3.29. The van der Waals surface area contributed by atoms with Crippen LogP contribution in [-0.4, -0.2) is 23.5 Å². The standard InChI is InChI=1S/C17H12F2N2O3/c18-11-5-6-14(12(19)8-11)21-16(22)9-24-17(23)15-7-10-3-1-2-4-13(10)20-15/h1-8,20H,9H2,(H,21,22). The number of rotatable bonds is 4. The first-order chi connectivity index (χ1) is 11.5. The minimum Gasteiger partial charge on any atom is -0.451 e. The highest BCUT2D eigenvalue weighted by Crippen LogP contribution is 2.16. The van der Waals surface area contributed by atoms with Crippen LogP contribution in [0.25, 0.3) is 10.9 Å². The second kappa shape index (κ2) is 6.49. The van der Waals surface area contributed by atoms with E-state index < -0.39 is 30.1 Å². The number of halogens is 2. The first-order valence-corrected chi connectivity index (χ1v) is 7.03. The van der Waals surface area contributed by atoms with E-state index in [1.165, 1.54) is 0 Å². The Hall–Kier alpha value is -3.22. The Morgan fingerprint density at radius 2 is 1.88 bits per heavy atom. The van der Waals surface area contributed by atoms with Crippen LogP contribution in [0, 0.1) is 11.6 Å². The first kappa shape index (κ1) is 15.7. The molecular weight excluding hydrogens is 318 g/mol. The van der Waals surface area contributed by atoms with Crippen molar-refractivity contribution in [3.63, 3.8) is 0 Å². The molecule has 3 aromatic rings. The summed E-state index contributed by atoms with van der Waals surface area (Å²) >= 11 is 0. The minimum absolute atomic E-state index is 0.192. The molecule has 1 aromatic heterocycles. The molecule has 3 rings (SSSR count). The molecule has 2 aromatic carbocycles. The largest absolute Gasteiger partial charge is 0.451 e. The molecule has 0 fully saturated rings. The number of carbonyl (C=O) groups excluding carboxylic acids is 2. The van der Waals surface area contributed by atoms with Crippen LogP contribution in [-0.2, 0) is 9.53 Å². The van der Waals surface area contributed by atoms with Crippen molar-refractivity contribution < 1.29 is 23.1 Å². The van der Waals surface area contributed by atoms with Gasteiger partial charge < -0.3 is 15.0 Å². The van der Waals surface area contributed by atoms with Gasteiger partial charge in [0.15, 0.2) is 6.61 Å². The molecule has 0 aliphatic rings. The predicted octanol–water partition coefficient (Wildman–Crippen LogP) is 3.24. The van der Waals surface area contributed by atoms with Gasteiger partial charge in [0, 0.05) is 17.0 Å². The fourth-order valence-corrected chi connectivity index (χ4v) is 2.17. The van der Waals surface area contributed by atoms with Gasteiger partial charge in [-0.05, 0) is 24.3 Å². The fourth-order valence-electron chi connectivity index (χ4n) is 2.17. The monoisotopic (exact) mass is 330 g/mol. The summed E-state index contributed by atoms with van der Waals surface area (Å²) in [5, 5.41) is 3.04. The number of amides is 1. The Morgan fingerprint density at radius 3 is 2.62 bits per heavy atom. The summed E-state index contributed by atoms with van der Waals surface area (Å²) in [5.41, 5.74) is 0.780. The van der Waals surface area contributed by atoms with Crippen LogP contribution < -0.4 is 5.32 Å². The molecule has 0 spiro atoms. The molecule has 7 heteroatoms. The molecule has 0 atom stereocenters. The normalized spacial score (nSPS) is 10.6. The van der Waals surface area contributed by atoms with Crippen molar-refractivity contribution in [2.45, 2.75) is 0 Å². The second-order valence-corrected chi connectivity index (χ2v) is 5.02. The molecule has 122 valence electrons. The summed E-state index contributed by atoms with van der Waals surface area (Å²) in [7, 11) is 0. The Kier molecular flexibility index (Phi) is 4.24. The first-order valence-electron chi connectivity index (χ1n) is 7.03. The molecule has 0 saturated carbocycles. The number of hydrogen-bond acceptors (Lipinski definition) is 3. The van der Waals surface area contributed by atoms with Crippen LogP contribution in [0.2, 0.25) is 0 Å². The van der Waals surface area contributed by atoms with E-state index in [4.69, 9.17) is 4.74 Å². The summed E-state index contributed by atoms with van der Waals surface area (Å²) in [4.78, 5) is 26.5. The highest BCUT2D eigenvalue weighted by molar-refractivity contribution is 5.97. The van der Waals surface area contributed by atoms with Gasteiger partial charge in [-0.2, -0.15) is 0 Å². The van der Waals surface area contributed by atoms with Gasteiger partial charge in [-0.1, -0.05) is 18.2 Å². The second-order valence-electron chi connectivity index (χ2n) is 5.02. The van der Waals surface area contributed by atoms with Crippen molar-refractivity contribution in [1.29, 1.82) is 0 Å². The van der Waals surface area contributed by atoms with Gasteiger partial charge in [-0.15, -0.1) is 0 Å². The average Bonchev–Trinajstić information content (AvgIpc) is 2.99. The van der Waals surface area contributed by atoms with E-state index >= 15 is 0 Å². The number of para-hydroxylation sites is 1. The van der Waals surface area contributed by atoms with E-state index in [1.807, 2.05) is 18.2 Å². The lowest BCUT2D eigenvalue weighted by molar-refractivity contribution is -0.119. The maximum atomic E-state index is 13.4. The van der Waals surface area contributed by atoms with E-state index in [1.54, 1.807) is 12.1 Å². The van der Waals surface area contributed by atoms with Gasteiger partial charge in [-0.25, -0.2) is 13.6 Å². The molecule has 24 heavy (non-hydrogen) atoms. The van der Waals surface area contributed by atoms with E-state index in [0.717, 1.165) is 23.0 Å². The Bertz CT molecular complexity index is 888. The van der Waals surface area contributed by atoms with Crippen LogP contribution in [0.15, 0.2) is 48.5 Å². The van der Waals surface area contributed by atoms with E-state index in [9.17, 15) is 18.4 Å². The number of ether oxygens (including phenoxy) is 1. The van der Waals surface area contributed by atoms with Crippen molar-refractivity contribution >= 4 is 28.5 Å². The van der Waals surface area contributed by atoms with Gasteiger partial charge in [0.25, 0.3) is 5.91 Å². The molecule has 0 bridgehead atoms. The summed E-state index contributed by atoms with van der Waals surface area (Å²) in [6.45, 7) is -0.592. The van der Waals surface area contributed by atoms with Crippen molar-refractivity contribution in [2.75, 3.05) is 11.9 Å². The smallest absolute Gasteiger partial charge is 0.355 e. The van der Waals surface area contributed by atoms with Gasteiger partial charge in [0.1, 0.15) is 17.3 Å². The number of benzene rings is 2. The van der Waals surface area contributed by atoms with Crippen LogP contribution in [0.1, 0.15) is 10.5 Å². The average molecular weight is 330 g/mol. The summed E-state index contributed by atoms with van der Waals surface area (Å²) in [6.07, 6.45) is 0. The minimum atomic E-state index is -0.912. The molecule has 0 saturated heterocycles. The van der Waals surface area contributed by atoms with Crippen molar-refractivity contribution in [3.8, 4) is 0 Å². The molecule has 0 aliphatic carbocycles. The van der Waals surface area contributed by atoms with E-state index in [-0.39, 0.29) is 11.4 Å². The lowest BCUT2D eigenvalue weighted by atomic mass is 10.2. The number of esters is 1. The number of hydrogen-bond donors (Lipinski definition) is 2. The molecule has 1 heterocycles. The predicted molar refractivity (Wildman–Crippen MR) is 83.6 cm³/mol. The molecule has 1 amide bonds. The van der Waals surface area contributed by atoms with E-state index in [2.05, 4.69) is 10.3 Å². The SMILES string of the molecule is O=C(COC(=O)c1cc2ccccc2[nH]1)Nc1ccc(F)cc1F. The number of H-pyrrole nitrogens is 1. The fraction of sp³-hybridized carbons (Fsp3) is 0.0588. The number of aromatic nitrogens is 1. The zero-order valence-corrected chi connectivity index (χ0v) is 12.3. The number of carbonyl (C=O) groups is 2. The van der Waals surface area contributed by atoms with E-state index in [0.29, 0.717) is 6.07 Å². The summed E-state index contributed by atoms with van der Waals surface area (Å²) in [5.74, 6) is -3.10. The van der Waals surface area contributed by atoms with Crippen LogP contribution in [0.5, 0.6) is 0 Å². The maximum Gasteiger partial charge on any atom is 0.355 e. The van der Waals surface area contributed by atoms with Crippen molar-refractivity contribution in [3.05, 3.63) is 65.9 Å². The number of nitrogens with one attached hydrogen (secondary N) is 2. The lowest BCUT2D eigenvalue weighted by Gasteiger charge is -2.07. The topological polar surface area (TPSA) is 71.2 Å². The quantitative estimate of drug-likeness (QED) is 0.722. The van der Waals surface area contributed by atoms with Crippen LogP contribution >= 0.6 is 0 Å². The van der Waals surface area contributed by atoms with Crippen molar-refractivity contribution in [2.24, 2.45) is 0 Å². The van der Waals surface area contributed by atoms with Crippen molar-refractivity contribution in [1.82, 2.24) is 4.98 Å². The van der Waals surface area contributed by atoms with Gasteiger partial charge in [0.05, 0.1) is 5.69 Å². The number of anilines is 1. The molecule has 0 unspecified atom stereocenters. The molecular formula is C17H12F2N2O3. The Labute approximate surface area is 135 Å². The Morgan fingerprint density at radius 1 is 1.08 bits per heavy atom. The molecule has 0 radical (unpaired) electrons. The number of fused-ring (bicyclic) bond motifs is 1. The third kappa shape index (κ3) is 3.40. The van der Waals surface area contributed by atoms with Crippen LogP contribution in [0.4, 0.5) is 14.5 Å². The number of aromatic amines is 1. The zero-order chi connectivity index (χ0) is 17.1. The van der Waals surface area contributed by atoms with Gasteiger partial charge >= 0.3 is 5.97 Å². The lowest BCUT2D eigenvalue weighted by Crippen LogP contribution is -2.21. The third-order valence-electron chi connectivity index (χ3n) is 3.29. The summed E-state index contributed by atoms with van der Waals surface area (Å²) < 4.78 is 31.1. The van der Waals surface area contributed by atoms with Crippen LogP contribution in [0.3, 0.4) is 0 Å². The zero-order valence-electron chi connectivity index (χ0n) is 12.3. The molecule has 2 N–H and O–H groups in total. The highest BCUT2D eigenvalue weighted by Gasteiger charge is 2.14. The highest BCUT2D eigenvalue weighted by atomic mass is 19.1. The van der Waals surface area contributed by atoms with Gasteiger partial charge in [0.2, 0.25) is 0 Å². The Balaban J connectivity index is 1.60. The molecule has 5 nitrogen and oxygen atoms in total.